The minimum absolute atomic E-state index is 0.0857. The van der Waals surface area contributed by atoms with Gasteiger partial charge in [-0.3, -0.25) is 9.59 Å². The summed E-state index contributed by atoms with van der Waals surface area (Å²) >= 11 is 0. The van der Waals surface area contributed by atoms with Crippen LogP contribution in [0.2, 0.25) is 0 Å². The second-order valence-corrected chi connectivity index (χ2v) is 6.48. The second-order valence-electron chi connectivity index (χ2n) is 6.48. The summed E-state index contributed by atoms with van der Waals surface area (Å²) in [5, 5.41) is 0. The van der Waals surface area contributed by atoms with Gasteiger partial charge in [0.05, 0.1) is 13.7 Å². The van der Waals surface area contributed by atoms with E-state index in [-0.39, 0.29) is 23.9 Å². The first-order valence-electron chi connectivity index (χ1n) is 9.04. The van der Waals surface area contributed by atoms with Crippen LogP contribution in [0.3, 0.4) is 0 Å². The first kappa shape index (κ1) is 21.4. The molecule has 0 aliphatic heterocycles. The Morgan fingerprint density at radius 2 is 1.75 bits per heavy atom. The number of ketones is 1. The Morgan fingerprint density at radius 1 is 1.07 bits per heavy atom. The molecular weight excluding hydrogens is 360 g/mol. The molecule has 0 saturated carbocycles. The number of Topliss-reactive ketones (excluding diaryl/α,β-unsaturated/α-hetero) is 1. The highest BCUT2D eigenvalue weighted by atomic mass is 16.5. The Hall–Kier alpha value is -2.93. The summed E-state index contributed by atoms with van der Waals surface area (Å²) in [6.07, 6.45) is 0.612. The highest BCUT2D eigenvalue weighted by molar-refractivity contribution is 6.05. The zero-order chi connectivity index (χ0) is 20.7. The third kappa shape index (κ3) is 4.86. The van der Waals surface area contributed by atoms with Crippen LogP contribution >= 0.6 is 0 Å². The van der Waals surface area contributed by atoms with Gasteiger partial charge in [0.2, 0.25) is 0 Å². The molecule has 7 heteroatoms. The number of aryl methyl sites for hydroxylation is 1. The summed E-state index contributed by atoms with van der Waals surface area (Å²) in [7, 11) is 2.88. The molecule has 1 N–H and O–H groups in total. The predicted molar refractivity (Wildman–Crippen MR) is 105 cm³/mol. The Kier molecular flexibility index (Phi) is 7.52. The number of aromatic amines is 1. The summed E-state index contributed by atoms with van der Waals surface area (Å²) in [4.78, 5) is 42.2. The molecule has 0 spiro atoms. The number of amides is 1. The summed E-state index contributed by atoms with van der Waals surface area (Å²) < 4.78 is 9.82. The maximum atomic E-state index is 13.0. The van der Waals surface area contributed by atoms with Gasteiger partial charge in [-0.05, 0) is 38.0 Å². The van der Waals surface area contributed by atoms with E-state index in [9.17, 15) is 14.4 Å². The van der Waals surface area contributed by atoms with E-state index in [1.807, 2.05) is 6.07 Å². The SMILES string of the molecule is COCCCN(CC(=O)c1c(C)[nH]c(C(=O)OC)c1C)C(=O)c1ccccc1. The number of carbonyl (C=O) groups excluding carboxylic acids is 3. The van der Waals surface area contributed by atoms with Crippen molar-refractivity contribution in [3.05, 3.63) is 58.4 Å². The highest BCUT2D eigenvalue weighted by Gasteiger charge is 2.25. The van der Waals surface area contributed by atoms with E-state index < -0.39 is 5.97 Å². The fourth-order valence-corrected chi connectivity index (χ4v) is 3.14. The fourth-order valence-electron chi connectivity index (χ4n) is 3.14. The van der Waals surface area contributed by atoms with Gasteiger partial charge in [0, 0.05) is 37.1 Å². The topological polar surface area (TPSA) is 88.7 Å². The van der Waals surface area contributed by atoms with Gasteiger partial charge in [-0.25, -0.2) is 4.79 Å². The zero-order valence-electron chi connectivity index (χ0n) is 16.7. The van der Waals surface area contributed by atoms with Gasteiger partial charge in [-0.15, -0.1) is 0 Å². The van der Waals surface area contributed by atoms with Gasteiger partial charge in [0.1, 0.15) is 5.69 Å². The molecule has 2 rings (SSSR count). The monoisotopic (exact) mass is 386 g/mol. The summed E-state index contributed by atoms with van der Waals surface area (Å²) in [6, 6.07) is 8.84. The lowest BCUT2D eigenvalue weighted by Crippen LogP contribution is -2.37. The van der Waals surface area contributed by atoms with E-state index in [1.165, 1.54) is 12.0 Å². The van der Waals surface area contributed by atoms with Crippen molar-refractivity contribution in [1.82, 2.24) is 9.88 Å². The van der Waals surface area contributed by atoms with E-state index in [2.05, 4.69) is 4.98 Å². The van der Waals surface area contributed by atoms with Crippen LogP contribution in [0.25, 0.3) is 0 Å². The van der Waals surface area contributed by atoms with Crippen LogP contribution in [-0.4, -0.2) is 61.5 Å². The van der Waals surface area contributed by atoms with Crippen molar-refractivity contribution in [1.29, 1.82) is 0 Å². The number of benzene rings is 1. The smallest absolute Gasteiger partial charge is 0.354 e. The van der Waals surface area contributed by atoms with Gasteiger partial charge in [-0.2, -0.15) is 0 Å². The Balaban J connectivity index is 2.26. The Labute approximate surface area is 164 Å². The van der Waals surface area contributed by atoms with Crippen molar-refractivity contribution in [2.75, 3.05) is 33.9 Å². The molecule has 1 aromatic carbocycles. The quantitative estimate of drug-likeness (QED) is 0.407. The van der Waals surface area contributed by atoms with E-state index >= 15 is 0 Å². The summed E-state index contributed by atoms with van der Waals surface area (Å²) in [5.74, 6) is -0.982. The van der Waals surface area contributed by atoms with Crippen molar-refractivity contribution in [3.63, 3.8) is 0 Å². The molecule has 1 heterocycles. The molecule has 150 valence electrons. The van der Waals surface area contributed by atoms with Crippen LogP contribution < -0.4 is 0 Å². The fraction of sp³-hybridized carbons (Fsp3) is 0.381. The molecule has 0 unspecified atom stereocenters. The summed E-state index contributed by atoms with van der Waals surface area (Å²) in [6.45, 7) is 4.21. The Morgan fingerprint density at radius 3 is 2.36 bits per heavy atom. The molecule has 1 aromatic heterocycles. The van der Waals surface area contributed by atoms with Crippen molar-refractivity contribution >= 4 is 17.7 Å². The van der Waals surface area contributed by atoms with Crippen LogP contribution in [0.5, 0.6) is 0 Å². The molecule has 0 bridgehead atoms. The molecule has 2 aromatic rings. The first-order chi connectivity index (χ1) is 13.4. The molecule has 7 nitrogen and oxygen atoms in total. The average Bonchev–Trinajstić information content (AvgIpc) is 3.01. The molecule has 0 fully saturated rings. The number of hydrogen-bond acceptors (Lipinski definition) is 5. The maximum Gasteiger partial charge on any atom is 0.354 e. The normalized spacial score (nSPS) is 10.6. The molecule has 28 heavy (non-hydrogen) atoms. The van der Waals surface area contributed by atoms with Crippen LogP contribution in [0.15, 0.2) is 30.3 Å². The number of carbonyl (C=O) groups is 3. The number of nitrogens with one attached hydrogen (secondary N) is 1. The van der Waals surface area contributed by atoms with E-state index in [1.54, 1.807) is 45.2 Å². The summed E-state index contributed by atoms with van der Waals surface area (Å²) in [5.41, 5.74) is 2.29. The van der Waals surface area contributed by atoms with Crippen LogP contribution in [0.4, 0.5) is 0 Å². The number of ether oxygens (including phenoxy) is 2. The first-order valence-corrected chi connectivity index (χ1v) is 9.04. The van der Waals surface area contributed by atoms with Gasteiger partial charge in [-0.1, -0.05) is 18.2 Å². The maximum absolute atomic E-state index is 13.0. The number of nitrogens with zero attached hydrogens (tertiary/aromatic N) is 1. The number of rotatable bonds is 9. The zero-order valence-corrected chi connectivity index (χ0v) is 16.7. The van der Waals surface area contributed by atoms with Crippen LogP contribution in [0.1, 0.15) is 48.9 Å². The minimum atomic E-state index is -0.531. The number of methoxy groups -OCH3 is 2. The third-order valence-corrected chi connectivity index (χ3v) is 4.52. The molecule has 0 aliphatic carbocycles. The van der Waals surface area contributed by atoms with Crippen LogP contribution in [-0.2, 0) is 9.47 Å². The molecule has 0 radical (unpaired) electrons. The standard InChI is InChI=1S/C21H26N2O5/c1-14-18(15(2)22-19(14)21(26)28-4)17(24)13-23(11-8-12-27-3)20(25)16-9-6-5-7-10-16/h5-7,9-10,22H,8,11-13H2,1-4H3. The molecule has 0 atom stereocenters. The highest BCUT2D eigenvalue weighted by Crippen LogP contribution is 2.20. The van der Waals surface area contributed by atoms with E-state index in [4.69, 9.17) is 9.47 Å². The molecule has 0 aliphatic rings. The number of H-pyrrole nitrogens is 1. The van der Waals surface area contributed by atoms with Crippen molar-refractivity contribution in [2.45, 2.75) is 20.3 Å². The molecule has 0 saturated heterocycles. The number of hydrogen-bond donors (Lipinski definition) is 1. The van der Waals surface area contributed by atoms with Gasteiger partial charge < -0.3 is 19.4 Å². The lowest BCUT2D eigenvalue weighted by molar-refractivity contribution is 0.0593. The van der Waals surface area contributed by atoms with Gasteiger partial charge in [0.15, 0.2) is 5.78 Å². The Bertz CT molecular complexity index is 842. The van der Waals surface area contributed by atoms with E-state index in [0.717, 1.165) is 0 Å². The predicted octanol–water partition coefficient (Wildman–Crippen LogP) is 2.78. The second kappa shape index (κ2) is 9.85. The van der Waals surface area contributed by atoms with Crippen molar-refractivity contribution in [3.8, 4) is 0 Å². The lowest BCUT2D eigenvalue weighted by Gasteiger charge is -2.22. The van der Waals surface area contributed by atoms with Gasteiger partial charge in [0.25, 0.3) is 5.91 Å². The molecular formula is C21H26N2O5. The third-order valence-electron chi connectivity index (χ3n) is 4.52. The van der Waals surface area contributed by atoms with Crippen molar-refractivity contribution in [2.24, 2.45) is 0 Å². The minimum Gasteiger partial charge on any atom is -0.464 e. The van der Waals surface area contributed by atoms with Crippen molar-refractivity contribution < 1.29 is 23.9 Å². The molecule has 1 amide bonds. The largest absolute Gasteiger partial charge is 0.464 e. The van der Waals surface area contributed by atoms with Crippen LogP contribution in [0, 0.1) is 13.8 Å². The van der Waals surface area contributed by atoms with Gasteiger partial charge >= 0.3 is 5.97 Å². The number of aromatic nitrogens is 1. The number of esters is 1. The van der Waals surface area contributed by atoms with E-state index in [0.29, 0.717) is 42.0 Å². The average molecular weight is 386 g/mol. The lowest BCUT2D eigenvalue weighted by atomic mass is 10.0.